The van der Waals surface area contributed by atoms with Crippen LogP contribution in [0.15, 0.2) is 48.5 Å². The van der Waals surface area contributed by atoms with E-state index in [1.807, 2.05) is 48.2 Å². The van der Waals surface area contributed by atoms with E-state index in [0.29, 0.717) is 47.0 Å². The summed E-state index contributed by atoms with van der Waals surface area (Å²) in [5, 5.41) is -0.584. The van der Waals surface area contributed by atoms with Crippen LogP contribution < -0.4 is 9.80 Å². The van der Waals surface area contributed by atoms with Gasteiger partial charge >= 0.3 is 6.18 Å². The van der Waals surface area contributed by atoms with Crippen molar-refractivity contribution in [2.45, 2.75) is 25.6 Å². The molecule has 6 rings (SSSR count). The summed E-state index contributed by atoms with van der Waals surface area (Å²) in [4.78, 5) is 42.3. The SMILES string of the molecule is C[C@@H]1CN(c2sc(C(F)(F)F)nc2-c2nc3ccccc3[nH]2)CCN1C(=O)CN1C(=O)Cc2ccccc21. The van der Waals surface area contributed by atoms with Crippen LogP contribution in [0.25, 0.3) is 22.6 Å². The number of anilines is 2. The predicted molar refractivity (Wildman–Crippen MR) is 138 cm³/mol. The standard InChI is InChI=1S/C26H23F3N6O2S/c1-15-13-33(10-11-34(15)21(37)14-35-19-9-5-2-6-16(19)12-20(35)36)24-22(32-25(38-24)26(27,28)29)23-30-17-7-3-4-8-18(17)31-23/h2-9,15H,10-14H2,1H3,(H,30,31)/t15-/m1/s1. The second kappa shape index (κ2) is 9.12. The number of halogens is 3. The summed E-state index contributed by atoms with van der Waals surface area (Å²) in [6.45, 7) is 2.75. The monoisotopic (exact) mass is 540 g/mol. The first kappa shape index (κ1) is 24.4. The first-order valence-corrected chi connectivity index (χ1v) is 13.0. The van der Waals surface area contributed by atoms with Gasteiger partial charge in [0.2, 0.25) is 16.8 Å². The lowest BCUT2D eigenvalue weighted by atomic mass is 10.1. The number of imidazole rings is 1. The molecular weight excluding hydrogens is 517 g/mol. The van der Waals surface area contributed by atoms with Crippen LogP contribution in [0.1, 0.15) is 17.5 Å². The molecule has 2 aromatic carbocycles. The molecule has 0 saturated carbocycles. The van der Waals surface area contributed by atoms with Crippen LogP contribution in [0.2, 0.25) is 0 Å². The number of aromatic amines is 1. The molecule has 1 fully saturated rings. The van der Waals surface area contributed by atoms with Crippen LogP contribution in [0.3, 0.4) is 0 Å². The number of nitrogens with one attached hydrogen (secondary N) is 1. The van der Waals surface area contributed by atoms with Gasteiger partial charge in [0.05, 0.1) is 17.5 Å². The van der Waals surface area contributed by atoms with Crippen molar-refractivity contribution in [3.05, 3.63) is 59.1 Å². The fourth-order valence-corrected chi connectivity index (χ4v) is 6.06. The Kier molecular flexibility index (Phi) is 5.86. The molecule has 0 aliphatic carbocycles. The van der Waals surface area contributed by atoms with E-state index in [-0.39, 0.29) is 42.3 Å². The molecule has 1 N–H and O–H groups in total. The third-order valence-electron chi connectivity index (χ3n) is 6.92. The Hall–Kier alpha value is -3.93. The van der Waals surface area contributed by atoms with Gasteiger partial charge in [0, 0.05) is 31.4 Å². The molecule has 4 aromatic rings. The summed E-state index contributed by atoms with van der Waals surface area (Å²) in [5.74, 6) is -0.0454. The van der Waals surface area contributed by atoms with Gasteiger partial charge in [-0.1, -0.05) is 41.7 Å². The number of rotatable bonds is 4. The summed E-state index contributed by atoms with van der Waals surface area (Å²) < 4.78 is 41.0. The zero-order chi connectivity index (χ0) is 26.6. The molecule has 1 atom stereocenters. The maximum Gasteiger partial charge on any atom is 0.443 e. The largest absolute Gasteiger partial charge is 0.443 e. The molecule has 0 bridgehead atoms. The van der Waals surface area contributed by atoms with E-state index in [9.17, 15) is 22.8 Å². The second-order valence-corrected chi connectivity index (χ2v) is 10.4. The van der Waals surface area contributed by atoms with Gasteiger partial charge in [-0.3, -0.25) is 9.59 Å². The zero-order valence-corrected chi connectivity index (χ0v) is 21.1. The summed E-state index contributed by atoms with van der Waals surface area (Å²) >= 11 is 0.582. The molecule has 2 aliphatic heterocycles. The minimum Gasteiger partial charge on any atom is -0.358 e. The number of H-pyrrole nitrogens is 1. The number of amides is 2. The third-order valence-corrected chi connectivity index (χ3v) is 8.08. The van der Waals surface area contributed by atoms with E-state index in [0.717, 1.165) is 11.3 Å². The molecule has 4 heterocycles. The van der Waals surface area contributed by atoms with Crippen molar-refractivity contribution in [2.24, 2.45) is 0 Å². The Morgan fingerprint density at radius 2 is 1.87 bits per heavy atom. The molecule has 2 aromatic heterocycles. The number of carbonyl (C=O) groups is 2. The molecule has 8 nitrogen and oxygen atoms in total. The van der Waals surface area contributed by atoms with Crippen LogP contribution in [0.4, 0.5) is 23.9 Å². The number of aromatic nitrogens is 3. The minimum atomic E-state index is -4.59. The Morgan fingerprint density at radius 3 is 2.63 bits per heavy atom. The first-order chi connectivity index (χ1) is 18.2. The number of benzene rings is 2. The lowest BCUT2D eigenvalue weighted by Crippen LogP contribution is -2.56. The topological polar surface area (TPSA) is 85.4 Å². The predicted octanol–water partition coefficient (Wildman–Crippen LogP) is 4.33. The van der Waals surface area contributed by atoms with E-state index < -0.39 is 11.2 Å². The van der Waals surface area contributed by atoms with E-state index >= 15 is 0 Å². The number of fused-ring (bicyclic) bond motifs is 2. The summed E-state index contributed by atoms with van der Waals surface area (Å²) in [7, 11) is 0. The van der Waals surface area contributed by atoms with Gasteiger partial charge in [-0.2, -0.15) is 13.2 Å². The molecular formula is C26H23F3N6O2S. The molecule has 196 valence electrons. The lowest BCUT2D eigenvalue weighted by molar-refractivity contribution is -0.137. The minimum absolute atomic E-state index is 0.0663. The average molecular weight is 541 g/mol. The second-order valence-electron chi connectivity index (χ2n) is 9.44. The highest BCUT2D eigenvalue weighted by atomic mass is 32.1. The molecule has 2 aliphatic rings. The summed E-state index contributed by atoms with van der Waals surface area (Å²) in [6, 6.07) is 14.3. The highest BCUT2D eigenvalue weighted by molar-refractivity contribution is 7.16. The van der Waals surface area contributed by atoms with Crippen molar-refractivity contribution in [3.63, 3.8) is 0 Å². The molecule has 0 radical (unpaired) electrons. The smallest absolute Gasteiger partial charge is 0.358 e. The molecule has 1 saturated heterocycles. The Bertz CT molecular complexity index is 1510. The summed E-state index contributed by atoms with van der Waals surface area (Å²) in [6.07, 6.45) is -4.32. The van der Waals surface area contributed by atoms with Crippen molar-refractivity contribution >= 4 is 44.9 Å². The highest BCUT2D eigenvalue weighted by Crippen LogP contribution is 2.42. The van der Waals surface area contributed by atoms with Gasteiger partial charge in [-0.15, -0.1) is 0 Å². The summed E-state index contributed by atoms with van der Waals surface area (Å²) in [5.41, 5.74) is 3.13. The van der Waals surface area contributed by atoms with Crippen LogP contribution in [0.5, 0.6) is 0 Å². The zero-order valence-electron chi connectivity index (χ0n) is 20.3. The number of carbonyl (C=O) groups excluding carboxylic acids is 2. The molecule has 0 spiro atoms. The molecule has 12 heteroatoms. The highest BCUT2D eigenvalue weighted by Gasteiger charge is 2.39. The van der Waals surface area contributed by atoms with Crippen molar-refractivity contribution in [1.82, 2.24) is 19.9 Å². The Labute approximate surface area is 219 Å². The van der Waals surface area contributed by atoms with Crippen LogP contribution >= 0.6 is 11.3 Å². The molecule has 0 unspecified atom stereocenters. The van der Waals surface area contributed by atoms with E-state index in [1.165, 1.54) is 4.90 Å². The van der Waals surface area contributed by atoms with E-state index in [4.69, 9.17) is 0 Å². The Morgan fingerprint density at radius 1 is 1.11 bits per heavy atom. The van der Waals surface area contributed by atoms with Crippen LogP contribution in [0, 0.1) is 0 Å². The number of nitrogens with zero attached hydrogens (tertiary/aromatic N) is 5. The van der Waals surface area contributed by atoms with Gasteiger partial charge in [0.1, 0.15) is 17.2 Å². The normalized spacial score (nSPS) is 17.9. The van der Waals surface area contributed by atoms with E-state index in [2.05, 4.69) is 15.0 Å². The maximum absolute atomic E-state index is 13.7. The third kappa shape index (κ3) is 4.28. The number of piperazine rings is 1. The van der Waals surface area contributed by atoms with Gasteiger partial charge in [-0.25, -0.2) is 9.97 Å². The number of hydrogen-bond donors (Lipinski definition) is 1. The fourth-order valence-electron chi connectivity index (χ4n) is 5.10. The number of thiazole rings is 1. The van der Waals surface area contributed by atoms with Crippen LogP contribution in [-0.4, -0.2) is 63.9 Å². The van der Waals surface area contributed by atoms with Crippen LogP contribution in [-0.2, 0) is 22.2 Å². The van der Waals surface area contributed by atoms with Gasteiger partial charge in [0.25, 0.3) is 0 Å². The van der Waals surface area contributed by atoms with Gasteiger partial charge < -0.3 is 19.7 Å². The van der Waals surface area contributed by atoms with Crippen molar-refractivity contribution < 1.29 is 22.8 Å². The van der Waals surface area contributed by atoms with Gasteiger partial charge in [0.15, 0.2) is 5.82 Å². The number of hydrogen-bond acceptors (Lipinski definition) is 6. The Balaban J connectivity index is 1.23. The van der Waals surface area contributed by atoms with Crippen molar-refractivity contribution in [1.29, 1.82) is 0 Å². The van der Waals surface area contributed by atoms with Crippen molar-refractivity contribution in [2.75, 3.05) is 36.0 Å². The molecule has 2 amide bonds. The maximum atomic E-state index is 13.7. The first-order valence-electron chi connectivity index (χ1n) is 12.1. The van der Waals surface area contributed by atoms with E-state index in [1.54, 1.807) is 17.0 Å². The van der Waals surface area contributed by atoms with Gasteiger partial charge in [-0.05, 0) is 30.7 Å². The number of alkyl halides is 3. The molecule has 38 heavy (non-hydrogen) atoms. The average Bonchev–Trinajstić information content (AvgIpc) is 3.59. The lowest BCUT2D eigenvalue weighted by Gasteiger charge is -2.41. The quantitative estimate of drug-likeness (QED) is 0.417. The number of para-hydroxylation sites is 3. The van der Waals surface area contributed by atoms with Crippen molar-refractivity contribution in [3.8, 4) is 11.5 Å². The fraction of sp³-hybridized carbons (Fsp3) is 0.308.